The van der Waals surface area contributed by atoms with Crippen LogP contribution in [-0.2, 0) is 6.54 Å². The largest absolute Gasteiger partial charge is 0.306 e. The van der Waals surface area contributed by atoms with Crippen molar-refractivity contribution in [3.8, 4) is 0 Å². The fourth-order valence-corrected chi connectivity index (χ4v) is 2.71. The van der Waals surface area contributed by atoms with Crippen LogP contribution in [0.5, 0.6) is 0 Å². The average Bonchev–Trinajstić information content (AvgIpc) is 3.34. The number of benzene rings is 2. The van der Waals surface area contributed by atoms with E-state index in [1.165, 1.54) is 24.5 Å². The Morgan fingerprint density at radius 1 is 0.952 bits per heavy atom. The van der Waals surface area contributed by atoms with Crippen molar-refractivity contribution in [3.05, 3.63) is 71.3 Å². The molecule has 0 saturated heterocycles. The topological polar surface area (TPSA) is 12.0 Å². The highest BCUT2D eigenvalue weighted by Gasteiger charge is 2.31. The van der Waals surface area contributed by atoms with Gasteiger partial charge in [-0.1, -0.05) is 48.5 Å². The standard InChI is InChI=1S/C18H19F2N/c19-18(20)16-8-4-5-13(11-16)12-21-17(15-9-10-15)14-6-2-1-3-7-14/h1-8,11,15,17-18,21H,9-10,12H2. The molecule has 1 unspecified atom stereocenters. The number of hydrogen-bond acceptors (Lipinski definition) is 1. The second-order valence-electron chi connectivity index (χ2n) is 5.65. The molecule has 1 nitrogen and oxygen atoms in total. The number of hydrogen-bond donors (Lipinski definition) is 1. The van der Waals surface area contributed by atoms with Gasteiger partial charge in [-0.05, 0) is 36.0 Å². The van der Waals surface area contributed by atoms with Gasteiger partial charge >= 0.3 is 0 Å². The molecule has 0 aromatic heterocycles. The summed E-state index contributed by atoms with van der Waals surface area (Å²) in [7, 11) is 0. The van der Waals surface area contributed by atoms with Gasteiger partial charge in [-0.3, -0.25) is 0 Å². The fourth-order valence-electron chi connectivity index (χ4n) is 2.71. The van der Waals surface area contributed by atoms with Crippen LogP contribution in [0.15, 0.2) is 54.6 Å². The van der Waals surface area contributed by atoms with Crippen LogP contribution in [0.2, 0.25) is 0 Å². The molecule has 0 heterocycles. The van der Waals surface area contributed by atoms with E-state index >= 15 is 0 Å². The van der Waals surface area contributed by atoms with Crippen molar-refractivity contribution in [2.24, 2.45) is 5.92 Å². The predicted molar refractivity (Wildman–Crippen MR) is 80.1 cm³/mol. The van der Waals surface area contributed by atoms with E-state index in [-0.39, 0.29) is 5.56 Å². The molecule has 1 aliphatic carbocycles. The van der Waals surface area contributed by atoms with Crippen LogP contribution in [0, 0.1) is 5.92 Å². The zero-order valence-corrected chi connectivity index (χ0v) is 11.8. The van der Waals surface area contributed by atoms with Gasteiger partial charge in [0.25, 0.3) is 6.43 Å². The van der Waals surface area contributed by atoms with Gasteiger partial charge in [-0.15, -0.1) is 0 Å². The van der Waals surface area contributed by atoms with Crippen LogP contribution in [0.1, 0.15) is 42.0 Å². The Balaban J connectivity index is 1.69. The second-order valence-corrected chi connectivity index (χ2v) is 5.65. The Labute approximate surface area is 124 Å². The van der Waals surface area contributed by atoms with Crippen LogP contribution >= 0.6 is 0 Å². The van der Waals surface area contributed by atoms with Crippen molar-refractivity contribution >= 4 is 0 Å². The first kappa shape index (κ1) is 14.2. The van der Waals surface area contributed by atoms with E-state index in [1.807, 2.05) is 24.3 Å². The molecule has 1 saturated carbocycles. The maximum atomic E-state index is 12.7. The number of rotatable bonds is 6. The lowest BCUT2D eigenvalue weighted by Crippen LogP contribution is -2.22. The van der Waals surface area contributed by atoms with Gasteiger partial charge in [0.1, 0.15) is 0 Å². The van der Waals surface area contributed by atoms with Gasteiger partial charge in [0, 0.05) is 18.2 Å². The summed E-state index contributed by atoms with van der Waals surface area (Å²) in [5.74, 6) is 0.672. The molecule has 0 amide bonds. The Bertz CT molecular complexity index is 579. The highest BCUT2D eigenvalue weighted by molar-refractivity contribution is 5.25. The summed E-state index contributed by atoms with van der Waals surface area (Å²) in [6.45, 7) is 0.622. The Hall–Kier alpha value is -1.74. The first-order chi connectivity index (χ1) is 10.2. The average molecular weight is 287 g/mol. The number of alkyl halides is 2. The minimum absolute atomic E-state index is 0.0944. The summed E-state index contributed by atoms with van der Waals surface area (Å²) >= 11 is 0. The highest BCUT2D eigenvalue weighted by Crippen LogP contribution is 2.41. The van der Waals surface area contributed by atoms with Crippen LogP contribution in [0.3, 0.4) is 0 Å². The summed E-state index contributed by atoms with van der Waals surface area (Å²) in [4.78, 5) is 0. The molecule has 0 radical (unpaired) electrons. The fraction of sp³-hybridized carbons (Fsp3) is 0.333. The normalized spacial score (nSPS) is 16.1. The molecule has 110 valence electrons. The second kappa shape index (κ2) is 6.35. The third kappa shape index (κ3) is 3.67. The van der Waals surface area contributed by atoms with Gasteiger partial charge in [0.05, 0.1) is 0 Å². The first-order valence-electron chi connectivity index (χ1n) is 7.39. The highest BCUT2D eigenvalue weighted by atomic mass is 19.3. The first-order valence-corrected chi connectivity index (χ1v) is 7.39. The van der Waals surface area contributed by atoms with Gasteiger partial charge < -0.3 is 5.32 Å². The van der Waals surface area contributed by atoms with Crippen LogP contribution in [-0.4, -0.2) is 0 Å². The smallest absolute Gasteiger partial charge is 0.263 e. The van der Waals surface area contributed by atoms with Crippen LogP contribution in [0.4, 0.5) is 8.78 Å². The summed E-state index contributed by atoms with van der Waals surface area (Å²) in [5.41, 5.74) is 2.29. The van der Waals surface area contributed by atoms with Gasteiger partial charge in [0.2, 0.25) is 0 Å². The van der Waals surface area contributed by atoms with E-state index in [1.54, 1.807) is 12.1 Å². The maximum absolute atomic E-state index is 12.7. The van der Waals surface area contributed by atoms with Crippen molar-refractivity contribution in [2.75, 3.05) is 0 Å². The van der Waals surface area contributed by atoms with Gasteiger partial charge in [-0.25, -0.2) is 8.78 Å². The lowest BCUT2D eigenvalue weighted by atomic mass is 10.0. The third-order valence-corrected chi connectivity index (χ3v) is 3.98. The molecule has 3 heteroatoms. The third-order valence-electron chi connectivity index (χ3n) is 3.98. The number of nitrogens with one attached hydrogen (secondary N) is 1. The molecule has 3 rings (SSSR count). The number of halogens is 2. The molecule has 21 heavy (non-hydrogen) atoms. The molecule has 0 aliphatic heterocycles. The minimum Gasteiger partial charge on any atom is -0.306 e. The molecule has 1 N–H and O–H groups in total. The van der Waals surface area contributed by atoms with Gasteiger partial charge in [0.15, 0.2) is 0 Å². The quantitative estimate of drug-likeness (QED) is 0.799. The van der Waals surface area contributed by atoms with E-state index in [9.17, 15) is 8.78 Å². The molecule has 0 bridgehead atoms. The van der Waals surface area contributed by atoms with Crippen LogP contribution in [0.25, 0.3) is 0 Å². The van der Waals surface area contributed by atoms with Crippen molar-refractivity contribution in [1.82, 2.24) is 5.32 Å². The van der Waals surface area contributed by atoms with Crippen LogP contribution < -0.4 is 5.32 Å². The monoisotopic (exact) mass is 287 g/mol. The van der Waals surface area contributed by atoms with E-state index in [0.29, 0.717) is 18.5 Å². The molecule has 1 aliphatic rings. The molecule has 2 aromatic rings. The zero-order chi connectivity index (χ0) is 14.7. The summed E-state index contributed by atoms with van der Waals surface area (Å²) < 4.78 is 25.5. The molecular weight excluding hydrogens is 268 g/mol. The lowest BCUT2D eigenvalue weighted by Gasteiger charge is -2.19. The lowest BCUT2D eigenvalue weighted by molar-refractivity contribution is 0.151. The summed E-state index contributed by atoms with van der Waals surface area (Å²) in [6, 6.07) is 17.4. The molecule has 0 spiro atoms. The molecular formula is C18H19F2N. The maximum Gasteiger partial charge on any atom is 0.263 e. The SMILES string of the molecule is FC(F)c1cccc(CNC(c2ccccc2)C2CC2)c1. The molecule has 2 aromatic carbocycles. The van der Waals surface area contributed by atoms with Crippen molar-refractivity contribution in [3.63, 3.8) is 0 Å². The predicted octanol–water partition coefficient (Wildman–Crippen LogP) is 4.87. The zero-order valence-electron chi connectivity index (χ0n) is 11.8. The Morgan fingerprint density at radius 2 is 1.67 bits per heavy atom. The van der Waals surface area contributed by atoms with E-state index < -0.39 is 6.43 Å². The van der Waals surface area contributed by atoms with E-state index in [0.717, 1.165) is 5.56 Å². The summed E-state index contributed by atoms with van der Waals surface area (Å²) in [5, 5.41) is 3.54. The van der Waals surface area contributed by atoms with Gasteiger partial charge in [-0.2, -0.15) is 0 Å². The summed E-state index contributed by atoms with van der Waals surface area (Å²) in [6.07, 6.45) is 0.0751. The van der Waals surface area contributed by atoms with Crippen molar-refractivity contribution in [2.45, 2.75) is 31.9 Å². The molecule has 1 atom stereocenters. The van der Waals surface area contributed by atoms with E-state index in [4.69, 9.17) is 0 Å². The molecule has 1 fully saturated rings. The van der Waals surface area contributed by atoms with E-state index in [2.05, 4.69) is 17.4 Å². The Morgan fingerprint density at radius 3 is 2.33 bits per heavy atom. The Kier molecular flexibility index (Phi) is 4.30. The van der Waals surface area contributed by atoms with Crippen molar-refractivity contribution in [1.29, 1.82) is 0 Å². The van der Waals surface area contributed by atoms with Crippen molar-refractivity contribution < 1.29 is 8.78 Å². The minimum atomic E-state index is -2.40.